The quantitative estimate of drug-likeness (QED) is 0.331. The van der Waals surface area contributed by atoms with Crippen LogP contribution in [0.2, 0.25) is 0 Å². The van der Waals surface area contributed by atoms with Gasteiger partial charge >= 0.3 is 51.4 Å². The van der Waals surface area contributed by atoms with Crippen molar-refractivity contribution >= 4 is 20.9 Å². The van der Waals surface area contributed by atoms with Crippen LogP contribution < -0.4 is 51.4 Å². The molecule has 2 aromatic rings. The summed E-state index contributed by atoms with van der Waals surface area (Å²) < 4.78 is 33.5. The van der Waals surface area contributed by atoms with Crippen LogP contribution in [0.1, 0.15) is 70.3 Å². The first-order valence-corrected chi connectivity index (χ1v) is 10.9. The smallest absolute Gasteiger partial charge is 0.744 e. The summed E-state index contributed by atoms with van der Waals surface area (Å²) in [6, 6.07) is 10.7. The monoisotopic (exact) mass is 400 g/mol. The molecular formula is C21H29KO3S. The molecule has 0 N–H and O–H groups in total. The molecule has 5 heteroatoms. The number of hydrogen-bond donors (Lipinski definition) is 0. The zero-order chi connectivity index (χ0) is 18.1. The average Bonchev–Trinajstić information content (AvgIpc) is 2.59. The molecule has 0 amide bonds. The van der Waals surface area contributed by atoms with Gasteiger partial charge in [-0.2, -0.15) is 0 Å². The third kappa shape index (κ3) is 8.51. The summed E-state index contributed by atoms with van der Waals surface area (Å²) in [6.45, 7) is 2.24. The summed E-state index contributed by atoms with van der Waals surface area (Å²) in [5.41, 5.74) is 1.20. The minimum Gasteiger partial charge on any atom is -0.744 e. The van der Waals surface area contributed by atoms with Crippen molar-refractivity contribution in [3.63, 3.8) is 0 Å². The fourth-order valence-electron chi connectivity index (χ4n) is 3.23. The van der Waals surface area contributed by atoms with Crippen molar-refractivity contribution in [3.05, 3.63) is 42.0 Å². The molecule has 3 nitrogen and oxygen atoms in total. The van der Waals surface area contributed by atoms with Crippen LogP contribution in [0.25, 0.3) is 10.8 Å². The Morgan fingerprint density at radius 2 is 1.35 bits per heavy atom. The number of unbranched alkanes of at least 4 members (excludes halogenated alkanes) is 8. The summed E-state index contributed by atoms with van der Waals surface area (Å²) in [4.78, 5) is -0.153. The van der Waals surface area contributed by atoms with Crippen LogP contribution in [0.4, 0.5) is 0 Å². The van der Waals surface area contributed by atoms with Crippen molar-refractivity contribution in [1.29, 1.82) is 0 Å². The number of fused-ring (bicyclic) bond motifs is 1. The Labute approximate surface area is 201 Å². The molecular weight excluding hydrogens is 371 g/mol. The molecule has 0 unspecified atom stereocenters. The molecule has 2 rings (SSSR count). The van der Waals surface area contributed by atoms with Gasteiger partial charge in [-0.05, 0) is 41.3 Å². The van der Waals surface area contributed by atoms with E-state index in [4.69, 9.17) is 0 Å². The van der Waals surface area contributed by atoms with E-state index in [-0.39, 0.29) is 56.3 Å². The molecule has 0 spiro atoms. The number of aryl methyl sites for hydroxylation is 1. The number of benzene rings is 2. The van der Waals surface area contributed by atoms with Gasteiger partial charge in [0.25, 0.3) is 0 Å². The Morgan fingerprint density at radius 1 is 0.769 bits per heavy atom. The molecule has 0 heterocycles. The van der Waals surface area contributed by atoms with E-state index >= 15 is 0 Å². The minimum atomic E-state index is -4.39. The number of rotatable bonds is 11. The Morgan fingerprint density at radius 3 is 1.96 bits per heavy atom. The summed E-state index contributed by atoms with van der Waals surface area (Å²) >= 11 is 0. The molecule has 0 atom stereocenters. The second-order valence-electron chi connectivity index (χ2n) is 6.88. The topological polar surface area (TPSA) is 57.2 Å². The normalized spacial score (nSPS) is 11.5. The van der Waals surface area contributed by atoms with Crippen LogP contribution in [-0.4, -0.2) is 13.0 Å². The van der Waals surface area contributed by atoms with Crippen molar-refractivity contribution in [1.82, 2.24) is 0 Å². The molecule has 0 aliphatic carbocycles. The second-order valence-corrected chi connectivity index (χ2v) is 8.26. The molecule has 26 heavy (non-hydrogen) atoms. The molecule has 0 saturated carbocycles. The van der Waals surface area contributed by atoms with Crippen molar-refractivity contribution in [2.24, 2.45) is 0 Å². The molecule has 0 radical (unpaired) electrons. The minimum absolute atomic E-state index is 0. The molecule has 0 fully saturated rings. The van der Waals surface area contributed by atoms with E-state index in [0.29, 0.717) is 0 Å². The largest absolute Gasteiger partial charge is 1.00 e. The second kappa shape index (κ2) is 12.7. The molecule has 0 aromatic heterocycles. The Hall–Kier alpha value is 0.246. The van der Waals surface area contributed by atoms with Crippen LogP contribution in [-0.2, 0) is 16.5 Å². The van der Waals surface area contributed by atoms with Gasteiger partial charge in [0.1, 0.15) is 10.1 Å². The molecule has 138 valence electrons. The third-order valence-corrected chi connectivity index (χ3v) is 5.57. The summed E-state index contributed by atoms with van der Waals surface area (Å²) in [7, 11) is -4.39. The van der Waals surface area contributed by atoms with Crippen molar-refractivity contribution in [2.45, 2.75) is 76.0 Å². The van der Waals surface area contributed by atoms with E-state index < -0.39 is 10.1 Å². The van der Waals surface area contributed by atoms with Gasteiger partial charge in [-0.3, -0.25) is 0 Å². The van der Waals surface area contributed by atoms with Gasteiger partial charge < -0.3 is 4.55 Å². The molecule has 2 aromatic carbocycles. The molecule has 0 aliphatic rings. The van der Waals surface area contributed by atoms with Crippen molar-refractivity contribution in [3.8, 4) is 0 Å². The average molecular weight is 401 g/mol. The molecule has 0 saturated heterocycles. The van der Waals surface area contributed by atoms with Crippen LogP contribution in [0.5, 0.6) is 0 Å². The maximum absolute atomic E-state index is 11.2. The van der Waals surface area contributed by atoms with Crippen LogP contribution in [0.3, 0.4) is 0 Å². The van der Waals surface area contributed by atoms with E-state index in [1.807, 2.05) is 12.1 Å². The predicted molar refractivity (Wildman–Crippen MR) is 103 cm³/mol. The van der Waals surface area contributed by atoms with Gasteiger partial charge in [0.15, 0.2) is 0 Å². The van der Waals surface area contributed by atoms with Gasteiger partial charge in [-0.1, -0.05) is 82.6 Å². The van der Waals surface area contributed by atoms with Crippen LogP contribution in [0, 0.1) is 0 Å². The van der Waals surface area contributed by atoms with Crippen LogP contribution in [0.15, 0.2) is 41.3 Å². The molecule has 0 bridgehead atoms. The number of hydrogen-bond acceptors (Lipinski definition) is 3. The van der Waals surface area contributed by atoms with Gasteiger partial charge in [0.05, 0.1) is 4.90 Å². The van der Waals surface area contributed by atoms with Gasteiger partial charge in [0.2, 0.25) is 0 Å². The van der Waals surface area contributed by atoms with E-state index in [9.17, 15) is 13.0 Å². The maximum Gasteiger partial charge on any atom is 1.00 e. The van der Waals surface area contributed by atoms with Gasteiger partial charge in [-0.25, -0.2) is 8.42 Å². The summed E-state index contributed by atoms with van der Waals surface area (Å²) in [5, 5.41) is 1.79. The maximum atomic E-state index is 11.2. The first-order chi connectivity index (χ1) is 12.0. The summed E-state index contributed by atoms with van der Waals surface area (Å²) in [5.74, 6) is 0. The van der Waals surface area contributed by atoms with Gasteiger partial charge in [0, 0.05) is 0 Å². The fourth-order valence-corrected chi connectivity index (χ4v) is 3.73. The standard InChI is InChI=1S/C21H30O3S.K/c1-2-3-4-5-6-7-8-9-10-11-18-12-13-19-14-15-21(25(22,23)24)17-20(19)16-18;/h12-17H,2-11H2,1H3,(H,22,23,24);/q;+1/p-1. The first kappa shape index (κ1) is 24.3. The van der Waals surface area contributed by atoms with E-state index in [1.54, 1.807) is 6.07 Å². The van der Waals surface area contributed by atoms with E-state index in [1.165, 1.54) is 69.1 Å². The Bertz CT molecular complexity index is 772. The van der Waals surface area contributed by atoms with E-state index in [0.717, 1.165) is 23.6 Å². The van der Waals surface area contributed by atoms with E-state index in [2.05, 4.69) is 13.0 Å². The van der Waals surface area contributed by atoms with Crippen molar-refractivity contribution < 1.29 is 64.4 Å². The Balaban J connectivity index is 0.00000338. The fraction of sp³-hybridized carbons (Fsp3) is 0.524. The first-order valence-electron chi connectivity index (χ1n) is 9.49. The Kier molecular flexibility index (Phi) is 11.8. The zero-order valence-electron chi connectivity index (χ0n) is 16.2. The third-order valence-electron chi connectivity index (χ3n) is 4.73. The molecule has 0 aliphatic heterocycles. The summed E-state index contributed by atoms with van der Waals surface area (Å²) in [6.07, 6.45) is 12.7. The van der Waals surface area contributed by atoms with Crippen LogP contribution >= 0.6 is 0 Å². The van der Waals surface area contributed by atoms with Gasteiger partial charge in [-0.15, -0.1) is 0 Å². The zero-order valence-corrected chi connectivity index (χ0v) is 20.1. The predicted octanol–water partition coefficient (Wildman–Crippen LogP) is 2.82. The SMILES string of the molecule is CCCCCCCCCCCc1ccc2ccc(S(=O)(=O)[O-])cc2c1.[K+]. The van der Waals surface area contributed by atoms with Crippen molar-refractivity contribution in [2.75, 3.05) is 0 Å².